The van der Waals surface area contributed by atoms with Crippen molar-refractivity contribution in [3.63, 3.8) is 0 Å². The molecule has 0 N–H and O–H groups in total. The van der Waals surface area contributed by atoms with Gasteiger partial charge in [-0.25, -0.2) is 0 Å². The molecule has 1 heterocycles. The summed E-state index contributed by atoms with van der Waals surface area (Å²) in [5, 5.41) is 3.51. The van der Waals surface area contributed by atoms with Gasteiger partial charge in [-0.1, -0.05) is 17.3 Å². The summed E-state index contributed by atoms with van der Waals surface area (Å²) in [6.07, 6.45) is 2.81. The first kappa shape index (κ1) is 9.45. The number of nitrogens with zero attached hydrogens (tertiary/aromatic N) is 1. The summed E-state index contributed by atoms with van der Waals surface area (Å²) in [6, 6.07) is 7.03. The molecule has 1 aromatic carbocycles. The lowest BCUT2D eigenvalue weighted by Crippen LogP contribution is -1.95. The molecule has 0 amide bonds. The predicted octanol–water partition coefficient (Wildman–Crippen LogP) is 2.67. The zero-order valence-electron chi connectivity index (χ0n) is 8.14. The van der Waals surface area contributed by atoms with E-state index in [4.69, 9.17) is 4.74 Å². The number of Topliss-reactive ketones (excluding diaryl/α,β-unsaturated/α-hetero) is 1. The van der Waals surface area contributed by atoms with Crippen molar-refractivity contribution in [2.75, 3.05) is 0 Å². The Morgan fingerprint density at radius 3 is 2.87 bits per heavy atom. The van der Waals surface area contributed by atoms with Crippen molar-refractivity contribution in [1.82, 2.24) is 5.16 Å². The van der Waals surface area contributed by atoms with Crippen LogP contribution in [-0.2, 0) is 0 Å². The summed E-state index contributed by atoms with van der Waals surface area (Å²) in [6.45, 7) is 1.50. The maximum absolute atomic E-state index is 11.3. The van der Waals surface area contributed by atoms with Crippen molar-refractivity contribution < 1.29 is 14.1 Å². The maximum atomic E-state index is 11.3. The largest absolute Gasteiger partial charge is 0.451 e. The lowest BCUT2D eigenvalue weighted by Gasteiger charge is -2.05. The molecule has 0 aliphatic carbocycles. The third kappa shape index (κ3) is 2.04. The minimum atomic E-state index is -0.0398. The SMILES string of the molecule is CC(=O)c1ccccc1Oc1cnoc1. The molecule has 0 unspecified atom stereocenters. The fraction of sp³-hybridized carbons (Fsp3) is 0.0909. The Bertz CT molecular complexity index is 462. The van der Waals surface area contributed by atoms with Crippen LogP contribution >= 0.6 is 0 Å². The Morgan fingerprint density at radius 1 is 1.40 bits per heavy atom. The summed E-state index contributed by atoms with van der Waals surface area (Å²) in [5.74, 6) is 0.943. The molecule has 0 saturated carbocycles. The molecule has 4 heteroatoms. The fourth-order valence-electron chi connectivity index (χ4n) is 1.22. The van der Waals surface area contributed by atoms with E-state index in [0.29, 0.717) is 17.1 Å². The summed E-state index contributed by atoms with van der Waals surface area (Å²) in [7, 11) is 0. The summed E-state index contributed by atoms with van der Waals surface area (Å²) in [4.78, 5) is 11.3. The Labute approximate surface area is 86.5 Å². The first-order valence-corrected chi connectivity index (χ1v) is 4.44. The number of carbonyl (C=O) groups excluding carboxylic acids is 1. The molecule has 15 heavy (non-hydrogen) atoms. The monoisotopic (exact) mass is 203 g/mol. The van der Waals surface area contributed by atoms with Crippen molar-refractivity contribution in [1.29, 1.82) is 0 Å². The first-order valence-electron chi connectivity index (χ1n) is 4.44. The van der Waals surface area contributed by atoms with Gasteiger partial charge < -0.3 is 9.26 Å². The van der Waals surface area contributed by atoms with Crippen molar-refractivity contribution >= 4 is 5.78 Å². The highest BCUT2D eigenvalue weighted by Crippen LogP contribution is 2.24. The third-order valence-electron chi connectivity index (χ3n) is 1.90. The van der Waals surface area contributed by atoms with E-state index < -0.39 is 0 Å². The zero-order chi connectivity index (χ0) is 10.7. The molecule has 0 atom stereocenters. The Balaban J connectivity index is 2.32. The number of aromatic nitrogens is 1. The van der Waals surface area contributed by atoms with Crippen LogP contribution in [0.2, 0.25) is 0 Å². The van der Waals surface area contributed by atoms with Crippen molar-refractivity contribution in [2.24, 2.45) is 0 Å². The molecule has 1 aromatic heterocycles. The van der Waals surface area contributed by atoms with Gasteiger partial charge in [0, 0.05) is 0 Å². The highest BCUT2D eigenvalue weighted by atomic mass is 16.5. The van der Waals surface area contributed by atoms with Crippen molar-refractivity contribution in [3.05, 3.63) is 42.3 Å². The molecular formula is C11H9NO3. The summed E-state index contributed by atoms with van der Waals surface area (Å²) >= 11 is 0. The molecule has 0 aliphatic rings. The maximum Gasteiger partial charge on any atom is 0.186 e. The Kier molecular flexibility index (Phi) is 2.49. The highest BCUT2D eigenvalue weighted by molar-refractivity contribution is 5.96. The standard InChI is InChI=1S/C11H9NO3/c1-8(13)10-4-2-3-5-11(10)15-9-6-12-14-7-9/h2-7H,1H3. The predicted molar refractivity (Wildman–Crippen MR) is 53.0 cm³/mol. The molecule has 0 saturated heterocycles. The third-order valence-corrected chi connectivity index (χ3v) is 1.90. The van der Waals surface area contributed by atoms with E-state index in [9.17, 15) is 4.79 Å². The average molecular weight is 203 g/mol. The number of ketones is 1. The van der Waals surface area contributed by atoms with Gasteiger partial charge in [-0.2, -0.15) is 0 Å². The Morgan fingerprint density at radius 2 is 2.20 bits per heavy atom. The normalized spacial score (nSPS) is 9.93. The molecule has 2 aromatic rings. The van der Waals surface area contributed by atoms with E-state index in [1.54, 1.807) is 24.3 Å². The topological polar surface area (TPSA) is 52.3 Å². The minimum absolute atomic E-state index is 0.0398. The van der Waals surface area contributed by atoms with E-state index >= 15 is 0 Å². The van der Waals surface area contributed by atoms with Gasteiger partial charge in [0.1, 0.15) is 11.9 Å². The van der Waals surface area contributed by atoms with E-state index in [2.05, 4.69) is 9.68 Å². The number of rotatable bonds is 3. The molecule has 76 valence electrons. The lowest BCUT2D eigenvalue weighted by atomic mass is 10.1. The molecular weight excluding hydrogens is 194 g/mol. The van der Waals surface area contributed by atoms with E-state index in [0.717, 1.165) is 0 Å². The Hall–Kier alpha value is -2.10. The van der Waals surface area contributed by atoms with Crippen molar-refractivity contribution in [2.45, 2.75) is 6.92 Å². The van der Waals surface area contributed by atoms with Crippen LogP contribution < -0.4 is 4.74 Å². The van der Waals surface area contributed by atoms with E-state index in [1.165, 1.54) is 19.4 Å². The second kappa shape index (κ2) is 3.96. The van der Waals surface area contributed by atoms with Gasteiger partial charge in [-0.15, -0.1) is 0 Å². The molecule has 2 rings (SSSR count). The second-order valence-corrected chi connectivity index (χ2v) is 3.01. The van der Waals surface area contributed by atoms with Gasteiger partial charge in [-0.05, 0) is 19.1 Å². The van der Waals surface area contributed by atoms with Crippen LogP contribution in [0.1, 0.15) is 17.3 Å². The van der Waals surface area contributed by atoms with Gasteiger partial charge in [0.25, 0.3) is 0 Å². The van der Waals surface area contributed by atoms with Crippen molar-refractivity contribution in [3.8, 4) is 11.5 Å². The molecule has 4 nitrogen and oxygen atoms in total. The van der Waals surface area contributed by atoms with E-state index in [-0.39, 0.29) is 5.78 Å². The summed E-state index contributed by atoms with van der Waals surface area (Å²) < 4.78 is 10.1. The second-order valence-electron chi connectivity index (χ2n) is 3.01. The van der Waals surface area contributed by atoms with E-state index in [1.807, 2.05) is 0 Å². The molecule has 0 fully saturated rings. The van der Waals surface area contributed by atoms with Crippen LogP contribution in [0, 0.1) is 0 Å². The van der Waals surface area contributed by atoms with Gasteiger partial charge >= 0.3 is 0 Å². The number of benzene rings is 1. The van der Waals surface area contributed by atoms with Gasteiger partial charge in [0.2, 0.25) is 0 Å². The van der Waals surface area contributed by atoms with Crippen LogP contribution in [-0.4, -0.2) is 10.9 Å². The quantitative estimate of drug-likeness (QED) is 0.719. The number of hydrogen-bond donors (Lipinski definition) is 0. The first-order chi connectivity index (χ1) is 7.27. The molecule has 0 spiro atoms. The minimum Gasteiger partial charge on any atom is -0.451 e. The lowest BCUT2D eigenvalue weighted by molar-refractivity contribution is 0.101. The summed E-state index contributed by atoms with van der Waals surface area (Å²) in [5.41, 5.74) is 0.540. The molecule has 0 aliphatic heterocycles. The average Bonchev–Trinajstić information content (AvgIpc) is 2.71. The smallest absolute Gasteiger partial charge is 0.186 e. The van der Waals surface area contributed by atoms with Gasteiger partial charge in [-0.3, -0.25) is 4.79 Å². The van der Waals surface area contributed by atoms with Gasteiger partial charge in [0.15, 0.2) is 17.8 Å². The highest BCUT2D eigenvalue weighted by Gasteiger charge is 2.08. The van der Waals surface area contributed by atoms with Crippen LogP contribution in [0.4, 0.5) is 0 Å². The number of ether oxygens (including phenoxy) is 1. The van der Waals surface area contributed by atoms with Gasteiger partial charge in [0.05, 0.1) is 5.56 Å². The number of hydrogen-bond acceptors (Lipinski definition) is 4. The molecule has 0 bridgehead atoms. The number of carbonyl (C=O) groups is 1. The van der Waals surface area contributed by atoms with Crippen LogP contribution in [0.3, 0.4) is 0 Å². The molecule has 0 radical (unpaired) electrons. The number of para-hydroxylation sites is 1. The van der Waals surface area contributed by atoms with Crippen LogP contribution in [0.5, 0.6) is 11.5 Å². The van der Waals surface area contributed by atoms with Crippen LogP contribution in [0.15, 0.2) is 41.2 Å². The van der Waals surface area contributed by atoms with Crippen LogP contribution in [0.25, 0.3) is 0 Å². The zero-order valence-corrected chi connectivity index (χ0v) is 8.14. The fourth-order valence-corrected chi connectivity index (χ4v) is 1.22.